The first kappa shape index (κ1) is 26.6. The number of amides is 1. The number of carboxylic acids is 1. The number of aliphatic hydroxyl groups excluding tert-OH is 1. The molecule has 1 heterocycles. The maximum absolute atomic E-state index is 11.5. The first-order chi connectivity index (χ1) is 18.3. The van der Waals surface area contributed by atoms with Crippen LogP contribution in [-0.2, 0) is 20.7 Å². The second-order valence-electron chi connectivity index (χ2n) is 8.80. The average Bonchev–Trinajstić information content (AvgIpc) is 2.92. The number of carboxylic acid groups (broad SMARTS) is 1. The van der Waals surface area contributed by atoms with Crippen LogP contribution >= 0.6 is 0 Å². The van der Waals surface area contributed by atoms with Crippen molar-refractivity contribution in [1.82, 2.24) is 0 Å². The van der Waals surface area contributed by atoms with Gasteiger partial charge in [-0.15, -0.1) is 0 Å². The number of aliphatic hydroxyl groups is 1. The van der Waals surface area contributed by atoms with E-state index in [2.05, 4.69) is 10.4 Å². The first-order valence-corrected chi connectivity index (χ1v) is 11.8. The summed E-state index contributed by atoms with van der Waals surface area (Å²) >= 11 is 0. The van der Waals surface area contributed by atoms with Gasteiger partial charge in [0.05, 0.1) is 0 Å². The van der Waals surface area contributed by atoms with Gasteiger partial charge in [-0.25, -0.2) is 4.79 Å². The molecule has 0 aliphatic carbocycles. The highest BCUT2D eigenvalue weighted by atomic mass is 16.7. The average molecular weight is 520 g/mol. The van der Waals surface area contributed by atoms with Crippen molar-refractivity contribution in [3.05, 3.63) is 88.2 Å². The maximum atomic E-state index is 11.5. The van der Waals surface area contributed by atoms with Gasteiger partial charge in [-0.1, -0.05) is 71.0 Å². The molecule has 1 saturated heterocycles. The molecule has 1 aliphatic rings. The second-order valence-corrected chi connectivity index (χ2v) is 8.80. The SMILES string of the molecule is NC(=O)CCc1cc(-c2ccccc2)ccc1-c1cccc(O[C@@H]2O[C@H](C(=O)O)[C@@H](O)[C@H](N=O)[C@H]2N=O)c1. The lowest BCUT2D eigenvalue weighted by atomic mass is 9.92. The molecule has 1 fully saturated rings. The number of aryl methyl sites for hydroxylation is 1. The van der Waals surface area contributed by atoms with Gasteiger partial charge in [-0.3, -0.25) is 4.79 Å². The molecule has 0 radical (unpaired) electrons. The summed E-state index contributed by atoms with van der Waals surface area (Å²) in [5, 5.41) is 25.0. The van der Waals surface area contributed by atoms with Crippen LogP contribution in [0.2, 0.25) is 0 Å². The van der Waals surface area contributed by atoms with Crippen LogP contribution in [-0.4, -0.2) is 52.7 Å². The zero-order valence-corrected chi connectivity index (χ0v) is 20.0. The summed E-state index contributed by atoms with van der Waals surface area (Å²) < 4.78 is 11.0. The highest BCUT2D eigenvalue weighted by molar-refractivity contribution is 5.77. The number of hydrogen-bond acceptors (Lipinski definition) is 9. The van der Waals surface area contributed by atoms with Gasteiger partial charge >= 0.3 is 5.97 Å². The molecule has 0 bridgehead atoms. The van der Waals surface area contributed by atoms with E-state index in [0.717, 1.165) is 22.3 Å². The van der Waals surface area contributed by atoms with Gasteiger partial charge in [0.25, 0.3) is 0 Å². The minimum atomic E-state index is -1.87. The van der Waals surface area contributed by atoms with Gasteiger partial charge in [-0.2, -0.15) is 9.81 Å². The Hall–Kier alpha value is -4.48. The highest BCUT2D eigenvalue weighted by Gasteiger charge is 2.51. The van der Waals surface area contributed by atoms with Crippen molar-refractivity contribution in [3.8, 4) is 28.0 Å². The third-order valence-corrected chi connectivity index (χ3v) is 6.31. The molecule has 4 rings (SSSR count). The second kappa shape index (κ2) is 11.7. The molecule has 11 heteroatoms. The van der Waals surface area contributed by atoms with Crippen molar-refractivity contribution >= 4 is 11.9 Å². The summed E-state index contributed by atoms with van der Waals surface area (Å²) in [6.07, 6.45) is -4.75. The van der Waals surface area contributed by atoms with Crippen LogP contribution in [0.1, 0.15) is 12.0 Å². The van der Waals surface area contributed by atoms with Crippen molar-refractivity contribution in [1.29, 1.82) is 0 Å². The van der Waals surface area contributed by atoms with Crippen LogP contribution in [0, 0.1) is 9.81 Å². The van der Waals surface area contributed by atoms with E-state index in [1.165, 1.54) is 0 Å². The first-order valence-electron chi connectivity index (χ1n) is 11.8. The Bertz CT molecular complexity index is 1330. The Morgan fingerprint density at radius 3 is 2.26 bits per heavy atom. The Morgan fingerprint density at radius 2 is 1.61 bits per heavy atom. The molecule has 1 amide bonds. The summed E-state index contributed by atoms with van der Waals surface area (Å²) in [6.45, 7) is 0. The van der Waals surface area contributed by atoms with Gasteiger partial charge in [-0.05, 0) is 46.4 Å². The van der Waals surface area contributed by atoms with Gasteiger partial charge in [0.1, 0.15) is 11.9 Å². The van der Waals surface area contributed by atoms with Crippen LogP contribution in [0.25, 0.3) is 22.3 Å². The van der Waals surface area contributed by atoms with E-state index in [-0.39, 0.29) is 12.2 Å². The number of carbonyl (C=O) groups is 2. The van der Waals surface area contributed by atoms with E-state index < -0.39 is 42.5 Å². The maximum Gasteiger partial charge on any atom is 0.335 e. The smallest absolute Gasteiger partial charge is 0.335 e. The molecule has 38 heavy (non-hydrogen) atoms. The Balaban J connectivity index is 1.67. The fourth-order valence-corrected chi connectivity index (χ4v) is 4.41. The number of primary amides is 1. The summed E-state index contributed by atoms with van der Waals surface area (Å²) in [5.41, 5.74) is 9.74. The lowest BCUT2D eigenvalue weighted by Crippen LogP contribution is -2.59. The molecular formula is C27H25N3O8. The molecular weight excluding hydrogens is 494 g/mol. The summed E-state index contributed by atoms with van der Waals surface area (Å²) in [7, 11) is 0. The molecule has 196 valence electrons. The molecule has 0 unspecified atom stereocenters. The standard InChI is InChI=1S/C27H25N3O8/c28-21(31)12-10-18-13-16(15-5-2-1-3-6-15)9-11-20(18)17-7-4-8-19(14-17)37-27-23(30-36)22(29-35)24(32)25(38-27)26(33)34/h1-9,11,13-14,22-25,27,32H,10,12H2,(H2,28,31)(H,33,34)/t22-,23-,24+,25+,27-/m1/s1. The van der Waals surface area contributed by atoms with E-state index in [1.807, 2.05) is 54.6 Å². The van der Waals surface area contributed by atoms with E-state index >= 15 is 0 Å². The molecule has 3 aromatic carbocycles. The minimum absolute atomic E-state index is 0.142. The highest BCUT2D eigenvalue weighted by Crippen LogP contribution is 2.33. The van der Waals surface area contributed by atoms with Crippen molar-refractivity contribution in [2.45, 2.75) is 43.4 Å². The Labute approximate surface area is 217 Å². The molecule has 1 aliphatic heterocycles. The monoisotopic (exact) mass is 519 g/mol. The number of hydrogen-bond donors (Lipinski definition) is 3. The van der Waals surface area contributed by atoms with E-state index in [4.69, 9.17) is 15.2 Å². The number of nitroso groups, excluding NO2 is 2. The molecule has 0 saturated carbocycles. The lowest BCUT2D eigenvalue weighted by molar-refractivity contribution is -0.213. The third-order valence-electron chi connectivity index (χ3n) is 6.31. The molecule has 5 atom stereocenters. The van der Waals surface area contributed by atoms with Gasteiger partial charge in [0.2, 0.25) is 12.2 Å². The van der Waals surface area contributed by atoms with E-state index in [9.17, 15) is 29.6 Å². The van der Waals surface area contributed by atoms with Crippen LogP contribution in [0.5, 0.6) is 5.75 Å². The van der Waals surface area contributed by atoms with Crippen molar-refractivity contribution < 1.29 is 29.3 Å². The number of nitrogens with two attached hydrogens (primary N) is 1. The van der Waals surface area contributed by atoms with Crippen molar-refractivity contribution in [2.24, 2.45) is 16.1 Å². The fourth-order valence-electron chi connectivity index (χ4n) is 4.41. The zero-order valence-electron chi connectivity index (χ0n) is 20.0. The molecule has 11 nitrogen and oxygen atoms in total. The predicted octanol–water partition coefficient (Wildman–Crippen LogP) is 3.26. The predicted molar refractivity (Wildman–Crippen MR) is 137 cm³/mol. The van der Waals surface area contributed by atoms with E-state index in [0.29, 0.717) is 12.0 Å². The Kier molecular flexibility index (Phi) is 8.19. The normalized spacial score (nSPS) is 22.8. The van der Waals surface area contributed by atoms with Crippen molar-refractivity contribution in [2.75, 3.05) is 0 Å². The minimum Gasteiger partial charge on any atom is -0.479 e. The molecule has 3 aromatic rings. The molecule has 4 N–H and O–H groups in total. The topological polar surface area (TPSA) is 178 Å². The van der Waals surface area contributed by atoms with Gasteiger partial charge < -0.3 is 25.4 Å². The van der Waals surface area contributed by atoms with Gasteiger partial charge in [0.15, 0.2) is 18.2 Å². The summed E-state index contributed by atoms with van der Waals surface area (Å²) in [6, 6.07) is 19.0. The number of carbonyl (C=O) groups excluding carboxylic acids is 1. The van der Waals surface area contributed by atoms with Crippen LogP contribution in [0.3, 0.4) is 0 Å². The lowest BCUT2D eigenvalue weighted by Gasteiger charge is -2.36. The van der Waals surface area contributed by atoms with Crippen molar-refractivity contribution in [3.63, 3.8) is 0 Å². The fraction of sp³-hybridized carbons (Fsp3) is 0.259. The van der Waals surface area contributed by atoms with Crippen LogP contribution in [0.4, 0.5) is 0 Å². The third kappa shape index (κ3) is 5.74. The zero-order chi connectivity index (χ0) is 27.2. The van der Waals surface area contributed by atoms with Crippen LogP contribution < -0.4 is 10.5 Å². The quantitative estimate of drug-likeness (QED) is 0.342. The summed E-state index contributed by atoms with van der Waals surface area (Å²) in [5.74, 6) is -1.79. The van der Waals surface area contributed by atoms with Crippen LogP contribution in [0.15, 0.2) is 83.2 Å². The van der Waals surface area contributed by atoms with Gasteiger partial charge in [0, 0.05) is 6.42 Å². The number of ether oxygens (including phenoxy) is 2. The van der Waals surface area contributed by atoms with E-state index in [1.54, 1.807) is 18.2 Å². The number of rotatable bonds is 10. The Morgan fingerprint density at radius 1 is 0.895 bits per heavy atom. The molecule has 0 spiro atoms. The largest absolute Gasteiger partial charge is 0.479 e. The number of aliphatic carboxylic acids is 1. The molecule has 0 aromatic heterocycles. The summed E-state index contributed by atoms with van der Waals surface area (Å²) in [4.78, 5) is 45.8. The number of nitrogens with zero attached hydrogens (tertiary/aromatic N) is 2. The number of benzene rings is 3.